The first-order valence-electron chi connectivity index (χ1n) is 3.99. The van der Waals surface area contributed by atoms with Crippen LogP contribution in [0.15, 0.2) is 11.1 Å². The lowest BCUT2D eigenvalue weighted by atomic mass is 10.1. The summed E-state index contributed by atoms with van der Waals surface area (Å²) in [6.07, 6.45) is 2.21. The largest absolute Gasteiger partial charge is 0.336 e. The van der Waals surface area contributed by atoms with E-state index in [1.54, 1.807) is 0 Å². The lowest BCUT2D eigenvalue weighted by Gasteiger charge is -2.37. The first kappa shape index (κ1) is 10.6. The van der Waals surface area contributed by atoms with E-state index in [1.165, 1.54) is 4.91 Å². The molecule has 1 aliphatic heterocycles. The third-order valence-electron chi connectivity index (χ3n) is 1.70. The molecule has 0 aliphatic carbocycles. The van der Waals surface area contributed by atoms with Crippen molar-refractivity contribution in [1.82, 2.24) is 4.67 Å². The van der Waals surface area contributed by atoms with Crippen LogP contribution in [0.3, 0.4) is 0 Å². The van der Waals surface area contributed by atoms with Crippen LogP contribution in [0.25, 0.3) is 0 Å². The van der Waals surface area contributed by atoms with Gasteiger partial charge in [-0.15, -0.1) is 0 Å². The summed E-state index contributed by atoms with van der Waals surface area (Å²) in [5, 5.41) is -1.34. The summed E-state index contributed by atoms with van der Waals surface area (Å²) in [5.74, 6) is 0. The Morgan fingerprint density at radius 1 is 1.50 bits per heavy atom. The molecule has 12 heavy (non-hydrogen) atoms. The second-order valence-corrected chi connectivity index (χ2v) is 12.5. The predicted octanol–water partition coefficient (Wildman–Crippen LogP) is 3.63. The smallest absolute Gasteiger partial charge is 0.0903 e. The highest BCUT2D eigenvalue weighted by Gasteiger charge is 2.33. The third-order valence-corrected chi connectivity index (χ3v) is 7.53. The Morgan fingerprint density at radius 3 is 2.17 bits per heavy atom. The highest BCUT2D eigenvalue weighted by atomic mass is 32.9. The Morgan fingerprint density at radius 2 is 2.00 bits per heavy atom. The molecule has 0 saturated heterocycles. The average Bonchev–Trinajstić information content (AvgIpc) is 2.02. The minimum Gasteiger partial charge on any atom is -0.336 e. The van der Waals surface area contributed by atoms with Crippen molar-refractivity contribution in [3.63, 3.8) is 0 Å². The van der Waals surface area contributed by atoms with E-state index in [-0.39, 0.29) is 5.54 Å². The van der Waals surface area contributed by atoms with Crippen LogP contribution in [0, 0.1) is 0 Å². The van der Waals surface area contributed by atoms with Crippen LogP contribution in [0.2, 0.25) is 0 Å². The Bertz CT molecular complexity index is 265. The van der Waals surface area contributed by atoms with Crippen molar-refractivity contribution >= 4 is 28.6 Å². The van der Waals surface area contributed by atoms with E-state index >= 15 is 0 Å². The van der Waals surface area contributed by atoms with Gasteiger partial charge in [-0.25, -0.2) is 0 Å². The number of allylic oxidation sites excluding steroid dienone is 1. The molecule has 0 aromatic carbocycles. The first-order chi connectivity index (χ1) is 5.23. The van der Waals surface area contributed by atoms with Gasteiger partial charge in [-0.1, -0.05) is 23.2 Å². The summed E-state index contributed by atoms with van der Waals surface area (Å²) in [5.41, 5.74) is 0.176. The number of hydrogen-bond acceptors (Lipinski definition) is 2. The van der Waals surface area contributed by atoms with Crippen molar-refractivity contribution in [3.8, 4) is 0 Å². The Kier molecular flexibility index (Phi) is 2.69. The summed E-state index contributed by atoms with van der Waals surface area (Å²) >= 11 is 7.47. The molecule has 0 radical (unpaired) electrons. The Balaban J connectivity index is 2.98. The van der Waals surface area contributed by atoms with Crippen LogP contribution < -0.4 is 0 Å². The second-order valence-electron chi connectivity index (χ2n) is 4.15. The fraction of sp³-hybridized carbons (Fsp3) is 0.750. The number of rotatable bonds is 0. The molecule has 0 amide bonds. The van der Waals surface area contributed by atoms with Gasteiger partial charge in [-0.2, -0.15) is 0 Å². The number of hydrogen-bond donors (Lipinski definition) is 0. The van der Waals surface area contributed by atoms with Gasteiger partial charge >= 0.3 is 0 Å². The van der Waals surface area contributed by atoms with Gasteiger partial charge in [0.1, 0.15) is 0 Å². The minimum absolute atomic E-state index is 0.176. The van der Waals surface area contributed by atoms with E-state index in [2.05, 4.69) is 45.2 Å². The van der Waals surface area contributed by atoms with Crippen molar-refractivity contribution in [2.24, 2.45) is 0 Å². The second kappa shape index (κ2) is 3.04. The van der Waals surface area contributed by atoms with Crippen LogP contribution in [-0.4, -0.2) is 16.9 Å². The third kappa shape index (κ3) is 2.07. The van der Waals surface area contributed by atoms with Gasteiger partial charge in [0.05, 0.1) is 5.39 Å². The van der Waals surface area contributed by atoms with Crippen LogP contribution in [0.5, 0.6) is 0 Å². The Hall–Kier alpha value is 0.540. The molecule has 0 bridgehead atoms. The zero-order chi connectivity index (χ0) is 9.57. The molecule has 70 valence electrons. The maximum atomic E-state index is 5.60. The van der Waals surface area contributed by atoms with Crippen LogP contribution in [0.4, 0.5) is 0 Å². The van der Waals surface area contributed by atoms with Crippen LogP contribution >= 0.6 is 16.8 Å². The summed E-state index contributed by atoms with van der Waals surface area (Å²) in [4.78, 5) is 1.36. The van der Waals surface area contributed by atoms with E-state index in [0.29, 0.717) is 0 Å². The van der Waals surface area contributed by atoms with Gasteiger partial charge in [0.25, 0.3) is 0 Å². The molecule has 0 N–H and O–H groups in total. The Labute approximate surface area is 84.4 Å². The summed E-state index contributed by atoms with van der Waals surface area (Å²) in [6, 6.07) is 0. The molecule has 0 saturated carbocycles. The molecular weight excluding hydrogens is 205 g/mol. The van der Waals surface area contributed by atoms with Gasteiger partial charge in [-0.3, -0.25) is 0 Å². The zero-order valence-corrected chi connectivity index (χ0v) is 10.8. The molecule has 0 aromatic heterocycles. The number of nitrogens with zero attached hydrogens (tertiary/aromatic N) is 1. The lowest BCUT2D eigenvalue weighted by molar-refractivity contribution is 0.343. The van der Waals surface area contributed by atoms with Gasteiger partial charge in [0.2, 0.25) is 0 Å². The van der Waals surface area contributed by atoms with Crippen molar-refractivity contribution in [3.05, 3.63) is 11.1 Å². The lowest BCUT2D eigenvalue weighted by Crippen LogP contribution is -2.32. The van der Waals surface area contributed by atoms with Crippen molar-refractivity contribution < 1.29 is 0 Å². The summed E-state index contributed by atoms with van der Waals surface area (Å²) in [6.45, 7) is 11.0. The molecule has 1 atom stereocenters. The van der Waals surface area contributed by atoms with Crippen LogP contribution in [-0.2, 0) is 11.8 Å². The summed E-state index contributed by atoms with van der Waals surface area (Å²) in [7, 11) is 0. The maximum absolute atomic E-state index is 5.60. The molecule has 1 nitrogen and oxygen atoms in total. The van der Waals surface area contributed by atoms with E-state index in [9.17, 15) is 0 Å². The van der Waals surface area contributed by atoms with Gasteiger partial charge in [0.15, 0.2) is 0 Å². The van der Waals surface area contributed by atoms with E-state index < -0.39 is 5.39 Å². The fourth-order valence-corrected chi connectivity index (χ4v) is 8.50. The topological polar surface area (TPSA) is 3.24 Å². The van der Waals surface area contributed by atoms with Crippen LogP contribution in [0.1, 0.15) is 27.7 Å². The highest BCUT2D eigenvalue weighted by Crippen LogP contribution is 2.68. The van der Waals surface area contributed by atoms with E-state index in [4.69, 9.17) is 11.8 Å². The fourth-order valence-electron chi connectivity index (χ4n) is 1.35. The van der Waals surface area contributed by atoms with Crippen molar-refractivity contribution in [2.45, 2.75) is 33.2 Å². The minimum atomic E-state index is -1.34. The SMILES string of the molecule is CC1=CN(C(C)(C)C)P(C)(=S)S1. The molecule has 1 rings (SSSR count). The standard InChI is InChI=1S/C8H16NPS2/c1-7-6-9(8(2,3)4)10(5,11)12-7/h6H,1-5H3. The van der Waals surface area contributed by atoms with E-state index in [0.717, 1.165) is 0 Å². The zero-order valence-electron chi connectivity index (χ0n) is 8.29. The van der Waals surface area contributed by atoms with E-state index in [1.807, 2.05) is 11.4 Å². The average molecular weight is 221 g/mol. The van der Waals surface area contributed by atoms with Gasteiger partial charge in [-0.05, 0) is 34.4 Å². The van der Waals surface area contributed by atoms with Crippen molar-refractivity contribution in [1.29, 1.82) is 0 Å². The molecule has 0 aromatic rings. The molecule has 1 heterocycles. The summed E-state index contributed by atoms with van der Waals surface area (Å²) < 4.78 is 2.36. The molecule has 1 unspecified atom stereocenters. The molecular formula is C8H16NPS2. The molecule has 0 spiro atoms. The van der Waals surface area contributed by atoms with Gasteiger partial charge in [0, 0.05) is 16.6 Å². The quantitative estimate of drug-likeness (QED) is 0.575. The first-order valence-corrected chi connectivity index (χ1v) is 8.61. The molecule has 1 aliphatic rings. The monoisotopic (exact) mass is 221 g/mol. The molecule has 0 fully saturated rings. The predicted molar refractivity (Wildman–Crippen MR) is 63.1 cm³/mol. The van der Waals surface area contributed by atoms with Crippen molar-refractivity contribution in [2.75, 3.05) is 6.66 Å². The normalized spacial score (nSPS) is 30.8. The van der Waals surface area contributed by atoms with Gasteiger partial charge < -0.3 is 4.67 Å². The highest BCUT2D eigenvalue weighted by molar-refractivity contribution is 8.71. The maximum Gasteiger partial charge on any atom is 0.0903 e. The molecule has 4 heteroatoms.